The van der Waals surface area contributed by atoms with Gasteiger partial charge >= 0.3 is 0 Å². The summed E-state index contributed by atoms with van der Waals surface area (Å²) in [6.07, 6.45) is 1.76. The van der Waals surface area contributed by atoms with Crippen molar-refractivity contribution in [2.45, 2.75) is 6.54 Å². The first-order chi connectivity index (χ1) is 9.20. The molecule has 2 rings (SSSR count). The lowest BCUT2D eigenvalue weighted by Crippen LogP contribution is -2.22. The molecule has 0 amide bonds. The average molecular weight is 279 g/mol. The molecule has 0 saturated carbocycles. The monoisotopic (exact) mass is 278 g/mol. The summed E-state index contributed by atoms with van der Waals surface area (Å²) < 4.78 is 6.78. The molecule has 19 heavy (non-hydrogen) atoms. The number of ether oxygens (including phenoxy) is 1. The lowest BCUT2D eigenvalue weighted by molar-refractivity contribution is 0.415. The Morgan fingerprint density at radius 2 is 2.16 bits per heavy atom. The largest absolute Gasteiger partial charge is 0.497 e. The number of hydrogen-bond donors (Lipinski definition) is 1. The predicted molar refractivity (Wildman–Crippen MR) is 77.2 cm³/mol. The van der Waals surface area contributed by atoms with Gasteiger partial charge in [0.05, 0.1) is 17.8 Å². The van der Waals surface area contributed by atoms with Gasteiger partial charge in [-0.25, -0.2) is 0 Å². The standard InChI is InChI=1S/C14H15ClN2O2/c1-19-11-5-6-12(15)13(10-11)16-7-9-17-8-3-2-4-14(17)18/h2-6,8,10,16H,7,9H2,1H3. The zero-order valence-electron chi connectivity index (χ0n) is 10.6. The van der Waals surface area contributed by atoms with Gasteiger partial charge < -0.3 is 14.6 Å². The van der Waals surface area contributed by atoms with Crippen LogP contribution in [0.15, 0.2) is 47.4 Å². The first-order valence-electron chi connectivity index (χ1n) is 5.93. The number of benzene rings is 1. The van der Waals surface area contributed by atoms with Gasteiger partial charge in [0, 0.05) is 31.4 Å². The summed E-state index contributed by atoms with van der Waals surface area (Å²) >= 11 is 6.08. The van der Waals surface area contributed by atoms with Crippen LogP contribution in [0.3, 0.4) is 0 Å². The lowest BCUT2D eigenvalue weighted by Gasteiger charge is -2.11. The minimum atomic E-state index is -0.0129. The van der Waals surface area contributed by atoms with E-state index in [1.807, 2.05) is 12.1 Å². The molecular weight excluding hydrogens is 264 g/mol. The molecule has 4 nitrogen and oxygen atoms in total. The molecule has 1 aromatic heterocycles. The molecule has 0 spiro atoms. The Morgan fingerprint density at radius 3 is 2.89 bits per heavy atom. The van der Waals surface area contributed by atoms with E-state index in [9.17, 15) is 4.79 Å². The van der Waals surface area contributed by atoms with Gasteiger partial charge in [-0.15, -0.1) is 0 Å². The number of halogens is 1. The number of anilines is 1. The SMILES string of the molecule is COc1ccc(Cl)c(NCCn2ccccc2=O)c1. The predicted octanol–water partition coefficient (Wildman–Crippen LogP) is 2.62. The van der Waals surface area contributed by atoms with Crippen molar-refractivity contribution in [2.24, 2.45) is 0 Å². The highest BCUT2D eigenvalue weighted by Gasteiger charge is 2.02. The van der Waals surface area contributed by atoms with Crippen LogP contribution in [-0.4, -0.2) is 18.2 Å². The van der Waals surface area contributed by atoms with Gasteiger partial charge in [-0.3, -0.25) is 4.79 Å². The highest BCUT2D eigenvalue weighted by molar-refractivity contribution is 6.33. The number of hydrogen-bond acceptors (Lipinski definition) is 3. The van der Waals surface area contributed by atoms with Gasteiger partial charge in [0.25, 0.3) is 5.56 Å². The molecule has 0 radical (unpaired) electrons. The van der Waals surface area contributed by atoms with Gasteiger partial charge in [-0.1, -0.05) is 17.7 Å². The third-order valence-corrected chi connectivity index (χ3v) is 3.07. The summed E-state index contributed by atoms with van der Waals surface area (Å²) in [6, 6.07) is 10.5. The molecular formula is C14H15ClN2O2. The van der Waals surface area contributed by atoms with Crippen LogP contribution in [0.25, 0.3) is 0 Å². The molecule has 100 valence electrons. The molecule has 0 fully saturated rings. The van der Waals surface area contributed by atoms with Crippen molar-refractivity contribution in [1.82, 2.24) is 4.57 Å². The topological polar surface area (TPSA) is 43.3 Å². The molecule has 0 saturated heterocycles. The molecule has 0 aliphatic rings. The van der Waals surface area contributed by atoms with Crippen LogP contribution in [0.2, 0.25) is 5.02 Å². The van der Waals surface area contributed by atoms with Crippen LogP contribution in [0.5, 0.6) is 5.75 Å². The van der Waals surface area contributed by atoms with Crippen molar-refractivity contribution in [3.63, 3.8) is 0 Å². The summed E-state index contributed by atoms with van der Waals surface area (Å²) in [4.78, 5) is 11.5. The maximum absolute atomic E-state index is 11.5. The summed E-state index contributed by atoms with van der Waals surface area (Å²) in [5.74, 6) is 0.740. The van der Waals surface area contributed by atoms with Crippen molar-refractivity contribution in [3.05, 3.63) is 58.0 Å². The molecule has 1 N–H and O–H groups in total. The van der Waals surface area contributed by atoms with E-state index in [1.165, 1.54) is 0 Å². The molecule has 0 atom stereocenters. The molecule has 5 heteroatoms. The molecule has 0 bridgehead atoms. The van der Waals surface area contributed by atoms with E-state index >= 15 is 0 Å². The molecule has 1 heterocycles. The van der Waals surface area contributed by atoms with Crippen LogP contribution in [0.4, 0.5) is 5.69 Å². The molecule has 0 aliphatic carbocycles. The number of nitrogens with zero attached hydrogens (tertiary/aromatic N) is 1. The second kappa shape index (κ2) is 6.29. The Balaban J connectivity index is 2.00. The van der Waals surface area contributed by atoms with Gasteiger partial charge in [-0.2, -0.15) is 0 Å². The minimum Gasteiger partial charge on any atom is -0.497 e. The summed E-state index contributed by atoms with van der Waals surface area (Å²) in [7, 11) is 1.61. The quantitative estimate of drug-likeness (QED) is 0.914. The normalized spacial score (nSPS) is 10.2. The van der Waals surface area contributed by atoms with E-state index < -0.39 is 0 Å². The Labute approximate surface area is 116 Å². The summed E-state index contributed by atoms with van der Waals surface area (Å²) in [5.41, 5.74) is 0.783. The maximum atomic E-state index is 11.5. The average Bonchev–Trinajstić information content (AvgIpc) is 2.43. The van der Waals surface area contributed by atoms with Crippen molar-refractivity contribution < 1.29 is 4.74 Å². The second-order valence-electron chi connectivity index (χ2n) is 4.00. The fourth-order valence-corrected chi connectivity index (χ4v) is 1.91. The molecule has 1 aromatic carbocycles. The zero-order valence-corrected chi connectivity index (χ0v) is 11.4. The van der Waals surface area contributed by atoms with Crippen molar-refractivity contribution >= 4 is 17.3 Å². The van der Waals surface area contributed by atoms with Crippen LogP contribution >= 0.6 is 11.6 Å². The number of nitrogens with one attached hydrogen (secondary N) is 1. The first-order valence-corrected chi connectivity index (χ1v) is 6.31. The Morgan fingerprint density at radius 1 is 1.32 bits per heavy atom. The second-order valence-corrected chi connectivity index (χ2v) is 4.41. The van der Waals surface area contributed by atoms with Crippen LogP contribution < -0.4 is 15.6 Å². The minimum absolute atomic E-state index is 0.0129. The number of aromatic nitrogens is 1. The van der Waals surface area contributed by atoms with Crippen molar-refractivity contribution in [2.75, 3.05) is 19.0 Å². The zero-order chi connectivity index (χ0) is 13.7. The highest BCUT2D eigenvalue weighted by Crippen LogP contribution is 2.26. The van der Waals surface area contributed by atoms with Gasteiger partial charge in [0.15, 0.2) is 0 Å². The number of methoxy groups -OCH3 is 1. The van der Waals surface area contributed by atoms with Crippen LogP contribution in [-0.2, 0) is 6.54 Å². The van der Waals surface area contributed by atoms with Crippen molar-refractivity contribution in [1.29, 1.82) is 0 Å². The highest BCUT2D eigenvalue weighted by atomic mass is 35.5. The molecule has 0 unspecified atom stereocenters. The fraction of sp³-hybridized carbons (Fsp3) is 0.214. The Bertz CT molecular complexity index is 610. The summed E-state index contributed by atoms with van der Waals surface area (Å²) in [6.45, 7) is 1.18. The van der Waals surface area contributed by atoms with E-state index in [2.05, 4.69) is 5.32 Å². The van der Waals surface area contributed by atoms with Gasteiger partial charge in [0.2, 0.25) is 0 Å². The Hall–Kier alpha value is -1.94. The molecule has 0 aliphatic heterocycles. The first kappa shape index (κ1) is 13.5. The van der Waals surface area contributed by atoms with E-state index in [0.717, 1.165) is 11.4 Å². The van der Waals surface area contributed by atoms with Gasteiger partial charge in [-0.05, 0) is 18.2 Å². The van der Waals surface area contributed by atoms with Gasteiger partial charge in [0.1, 0.15) is 5.75 Å². The number of rotatable bonds is 5. The lowest BCUT2D eigenvalue weighted by atomic mass is 10.3. The fourth-order valence-electron chi connectivity index (χ4n) is 1.72. The van der Waals surface area contributed by atoms with E-state index in [0.29, 0.717) is 18.1 Å². The number of pyridine rings is 1. The third kappa shape index (κ3) is 3.51. The van der Waals surface area contributed by atoms with E-state index in [-0.39, 0.29) is 5.56 Å². The Kier molecular flexibility index (Phi) is 4.47. The smallest absolute Gasteiger partial charge is 0.250 e. The third-order valence-electron chi connectivity index (χ3n) is 2.74. The van der Waals surface area contributed by atoms with Crippen LogP contribution in [0.1, 0.15) is 0 Å². The van der Waals surface area contributed by atoms with Crippen LogP contribution in [0, 0.1) is 0 Å². The van der Waals surface area contributed by atoms with Crippen molar-refractivity contribution in [3.8, 4) is 5.75 Å². The van der Waals surface area contributed by atoms with E-state index in [4.69, 9.17) is 16.3 Å². The summed E-state index contributed by atoms with van der Waals surface area (Å²) in [5, 5.41) is 3.82. The molecule has 2 aromatic rings. The van der Waals surface area contributed by atoms with E-state index in [1.54, 1.807) is 42.1 Å². The maximum Gasteiger partial charge on any atom is 0.250 e.